The number of imidazole rings is 1. The lowest BCUT2D eigenvalue weighted by Gasteiger charge is -2.09. The Labute approximate surface area is 151 Å². The second kappa shape index (κ2) is 7.12. The zero-order valence-corrected chi connectivity index (χ0v) is 14.2. The number of benzene rings is 2. The van der Waals surface area contributed by atoms with Crippen molar-refractivity contribution in [3.8, 4) is 0 Å². The largest absolute Gasteiger partial charge is 0.457 e. The van der Waals surface area contributed by atoms with Crippen molar-refractivity contribution in [1.29, 1.82) is 0 Å². The van der Waals surface area contributed by atoms with E-state index < -0.39 is 0 Å². The molecular formula is C21H19FN2O2. The van der Waals surface area contributed by atoms with Gasteiger partial charge in [-0.15, -0.1) is 0 Å². The molecule has 1 aromatic heterocycles. The Balaban J connectivity index is 1.35. The van der Waals surface area contributed by atoms with Gasteiger partial charge in [-0.2, -0.15) is 0 Å². The van der Waals surface area contributed by atoms with Crippen LogP contribution < -0.4 is 0 Å². The summed E-state index contributed by atoms with van der Waals surface area (Å²) in [5.74, 6) is -0.179. The molecule has 0 radical (unpaired) electrons. The van der Waals surface area contributed by atoms with E-state index in [1.165, 1.54) is 6.07 Å². The van der Waals surface area contributed by atoms with Crippen LogP contribution in [0, 0.1) is 11.7 Å². The van der Waals surface area contributed by atoms with Gasteiger partial charge in [0.2, 0.25) is 0 Å². The van der Waals surface area contributed by atoms with Crippen molar-refractivity contribution in [3.63, 3.8) is 0 Å². The maximum absolute atomic E-state index is 13.8. The van der Waals surface area contributed by atoms with Gasteiger partial charge in [-0.25, -0.2) is 9.37 Å². The molecule has 2 atom stereocenters. The van der Waals surface area contributed by atoms with Crippen LogP contribution >= 0.6 is 0 Å². The SMILES string of the molecule is O=C(OCc1nccn1Cc1ccccc1)C1CC1c1ccccc1F. The molecule has 2 unspecified atom stereocenters. The van der Waals surface area contributed by atoms with E-state index >= 15 is 0 Å². The highest BCUT2D eigenvalue weighted by molar-refractivity contribution is 5.77. The third-order valence-corrected chi connectivity index (χ3v) is 4.74. The lowest BCUT2D eigenvalue weighted by atomic mass is 10.1. The minimum absolute atomic E-state index is 0.0761. The Kier molecular flexibility index (Phi) is 4.52. The van der Waals surface area contributed by atoms with E-state index in [0.29, 0.717) is 24.4 Å². The molecule has 132 valence electrons. The van der Waals surface area contributed by atoms with Crippen LogP contribution in [0.4, 0.5) is 4.39 Å². The summed E-state index contributed by atoms with van der Waals surface area (Å²) in [4.78, 5) is 16.6. The van der Waals surface area contributed by atoms with Gasteiger partial charge in [0.15, 0.2) is 0 Å². The van der Waals surface area contributed by atoms with Crippen molar-refractivity contribution in [2.45, 2.75) is 25.5 Å². The number of aromatic nitrogens is 2. The molecule has 1 heterocycles. The molecule has 1 aliphatic carbocycles. The van der Waals surface area contributed by atoms with Crippen molar-refractivity contribution in [3.05, 3.63) is 89.8 Å². The minimum atomic E-state index is -0.285. The maximum Gasteiger partial charge on any atom is 0.310 e. The standard InChI is InChI=1S/C21H19FN2O2/c22-19-9-5-4-8-16(19)17-12-18(17)21(25)26-14-20-23-10-11-24(20)13-15-6-2-1-3-7-15/h1-11,17-18H,12-14H2. The zero-order valence-electron chi connectivity index (χ0n) is 14.2. The molecule has 0 bridgehead atoms. The van der Waals surface area contributed by atoms with Crippen LogP contribution in [-0.4, -0.2) is 15.5 Å². The summed E-state index contributed by atoms with van der Waals surface area (Å²) in [5.41, 5.74) is 1.75. The molecule has 0 N–H and O–H groups in total. The van der Waals surface area contributed by atoms with Crippen molar-refractivity contribution in [1.82, 2.24) is 9.55 Å². The van der Waals surface area contributed by atoms with Crippen molar-refractivity contribution in [2.75, 3.05) is 0 Å². The monoisotopic (exact) mass is 350 g/mol. The number of halogens is 1. The zero-order chi connectivity index (χ0) is 17.9. The lowest BCUT2D eigenvalue weighted by molar-refractivity contribution is -0.147. The number of hydrogen-bond donors (Lipinski definition) is 0. The summed E-state index contributed by atoms with van der Waals surface area (Å²) >= 11 is 0. The fourth-order valence-corrected chi connectivity index (χ4v) is 3.22. The average molecular weight is 350 g/mol. The fraction of sp³-hybridized carbons (Fsp3) is 0.238. The number of ether oxygens (including phenoxy) is 1. The van der Waals surface area contributed by atoms with Crippen LogP contribution in [0.2, 0.25) is 0 Å². The number of carbonyl (C=O) groups is 1. The van der Waals surface area contributed by atoms with Crippen molar-refractivity contribution in [2.24, 2.45) is 5.92 Å². The van der Waals surface area contributed by atoms with Gasteiger partial charge in [-0.05, 0) is 23.6 Å². The smallest absolute Gasteiger partial charge is 0.310 e. The minimum Gasteiger partial charge on any atom is -0.457 e. The van der Waals surface area contributed by atoms with E-state index in [0.717, 1.165) is 5.56 Å². The van der Waals surface area contributed by atoms with Crippen molar-refractivity contribution >= 4 is 5.97 Å². The second-order valence-electron chi connectivity index (χ2n) is 6.53. The Morgan fingerprint density at radius 2 is 1.92 bits per heavy atom. The maximum atomic E-state index is 13.8. The molecule has 0 saturated heterocycles. The summed E-state index contributed by atoms with van der Waals surface area (Å²) in [7, 11) is 0. The highest BCUT2D eigenvalue weighted by Gasteiger charge is 2.46. The van der Waals surface area contributed by atoms with Crippen LogP contribution in [0.15, 0.2) is 67.0 Å². The summed E-state index contributed by atoms with van der Waals surface area (Å²) in [6.07, 6.45) is 4.21. The topological polar surface area (TPSA) is 44.1 Å². The van der Waals surface area contributed by atoms with E-state index in [1.807, 2.05) is 41.1 Å². The summed E-state index contributed by atoms with van der Waals surface area (Å²) < 4.78 is 21.2. The summed E-state index contributed by atoms with van der Waals surface area (Å²) in [6, 6.07) is 16.6. The Morgan fingerprint density at radius 1 is 1.15 bits per heavy atom. The molecule has 26 heavy (non-hydrogen) atoms. The first-order chi connectivity index (χ1) is 12.7. The second-order valence-corrected chi connectivity index (χ2v) is 6.53. The molecule has 1 fully saturated rings. The quantitative estimate of drug-likeness (QED) is 0.633. The Hall–Kier alpha value is -2.95. The van der Waals surface area contributed by atoms with Crippen LogP contribution in [0.3, 0.4) is 0 Å². The number of carbonyl (C=O) groups excluding carboxylic acids is 1. The molecule has 4 nitrogen and oxygen atoms in total. The molecule has 5 heteroatoms. The molecule has 0 spiro atoms. The molecule has 0 amide bonds. The highest BCUT2D eigenvalue weighted by Crippen LogP contribution is 2.48. The van der Waals surface area contributed by atoms with E-state index in [9.17, 15) is 9.18 Å². The van der Waals surface area contributed by atoms with E-state index in [2.05, 4.69) is 4.98 Å². The third-order valence-electron chi connectivity index (χ3n) is 4.74. The van der Waals surface area contributed by atoms with Gasteiger partial charge in [0.25, 0.3) is 0 Å². The molecule has 1 aliphatic rings. The number of hydrogen-bond acceptors (Lipinski definition) is 3. The molecule has 4 rings (SSSR count). The molecule has 0 aliphatic heterocycles. The predicted octanol–water partition coefficient (Wildman–Crippen LogP) is 3.92. The first kappa shape index (κ1) is 16.5. The van der Waals surface area contributed by atoms with E-state index in [-0.39, 0.29) is 30.2 Å². The lowest BCUT2D eigenvalue weighted by Crippen LogP contribution is -2.12. The first-order valence-electron chi connectivity index (χ1n) is 8.67. The van der Waals surface area contributed by atoms with Gasteiger partial charge in [0, 0.05) is 24.9 Å². The van der Waals surface area contributed by atoms with Crippen LogP contribution in [-0.2, 0) is 22.7 Å². The molecule has 3 aromatic rings. The number of nitrogens with zero attached hydrogens (tertiary/aromatic N) is 2. The van der Waals surface area contributed by atoms with Gasteiger partial charge in [-0.1, -0.05) is 48.5 Å². The number of rotatable bonds is 6. The fourth-order valence-electron chi connectivity index (χ4n) is 3.22. The van der Waals surface area contributed by atoms with E-state index in [4.69, 9.17) is 4.74 Å². The van der Waals surface area contributed by atoms with Gasteiger partial charge in [0.1, 0.15) is 18.2 Å². The summed E-state index contributed by atoms with van der Waals surface area (Å²) in [5, 5.41) is 0. The summed E-state index contributed by atoms with van der Waals surface area (Å²) in [6.45, 7) is 0.800. The normalized spacial score (nSPS) is 18.5. The van der Waals surface area contributed by atoms with Crippen LogP contribution in [0.1, 0.15) is 29.3 Å². The Bertz CT molecular complexity index is 907. The van der Waals surface area contributed by atoms with Gasteiger partial charge in [0.05, 0.1) is 5.92 Å². The van der Waals surface area contributed by atoms with Crippen LogP contribution in [0.5, 0.6) is 0 Å². The highest BCUT2D eigenvalue weighted by atomic mass is 19.1. The average Bonchev–Trinajstić information content (AvgIpc) is 3.34. The van der Waals surface area contributed by atoms with Crippen LogP contribution in [0.25, 0.3) is 0 Å². The first-order valence-corrected chi connectivity index (χ1v) is 8.67. The molecular weight excluding hydrogens is 331 g/mol. The third kappa shape index (κ3) is 3.52. The van der Waals surface area contributed by atoms with Gasteiger partial charge >= 0.3 is 5.97 Å². The Morgan fingerprint density at radius 3 is 2.73 bits per heavy atom. The van der Waals surface area contributed by atoms with Gasteiger partial charge in [-0.3, -0.25) is 4.79 Å². The molecule has 2 aromatic carbocycles. The van der Waals surface area contributed by atoms with E-state index in [1.54, 1.807) is 24.4 Å². The molecule has 1 saturated carbocycles. The number of esters is 1. The van der Waals surface area contributed by atoms with Gasteiger partial charge < -0.3 is 9.30 Å². The van der Waals surface area contributed by atoms with Crippen molar-refractivity contribution < 1.29 is 13.9 Å². The predicted molar refractivity (Wildman–Crippen MR) is 94.8 cm³/mol.